The van der Waals surface area contributed by atoms with Gasteiger partial charge >= 0.3 is 6.09 Å². The smallest absolute Gasteiger partial charge is 0.408 e. The fraction of sp³-hybridized carbons (Fsp3) is 0.600. The van der Waals surface area contributed by atoms with E-state index < -0.39 is 71.2 Å². The van der Waals surface area contributed by atoms with E-state index in [1.54, 1.807) is 41.5 Å². The Morgan fingerprint density at radius 3 is 2.17 bits per heavy atom. The number of likely N-dealkylation sites (tertiary alicyclic amines) is 1. The van der Waals surface area contributed by atoms with Crippen molar-refractivity contribution in [1.82, 2.24) is 26.2 Å². The number of benzene rings is 1. The minimum Gasteiger partial charge on any atom is -0.444 e. The van der Waals surface area contributed by atoms with Crippen LogP contribution in [0.15, 0.2) is 36.9 Å². The molecule has 1 aliphatic heterocycles. The average Bonchev–Trinajstić information content (AvgIpc) is 3.46. The van der Waals surface area contributed by atoms with Gasteiger partial charge < -0.3 is 30.9 Å². The third-order valence-electron chi connectivity index (χ3n) is 7.02. The standard InChI is InChI=1S/C32H47N5O7.C3H8/c1-9-13-22(25(39)28(41)34-19-24(38)33-18-21-15-11-10-14-20(21)2)35-27(40)23-16-12-17-37(23)29(42)26(31(3,4)5)36-30(43)44-32(6,7)8;1-3-2/h9-11,14-15,22-23,26H,1,12-13,16-19H2,2-8H3,(H,33,38)(H,34,41)(H,35,40)(H,36,43);3H2,1-2H3/t22?,23?,26-;/m1./s1. The second-order valence-electron chi connectivity index (χ2n) is 13.7. The fourth-order valence-electron chi connectivity index (χ4n) is 4.68. The van der Waals surface area contributed by atoms with Crippen LogP contribution in [0.1, 0.15) is 92.2 Å². The number of Topliss-reactive ketones (excluding diaryl/α,β-unsaturated/α-hetero) is 1. The number of nitrogens with one attached hydrogen (secondary N) is 4. The molecule has 12 heteroatoms. The maximum absolute atomic E-state index is 13.7. The fourth-order valence-corrected chi connectivity index (χ4v) is 4.68. The zero-order valence-electron chi connectivity index (χ0n) is 29.6. The minimum absolute atomic E-state index is 0.0387. The molecule has 12 nitrogen and oxygen atoms in total. The lowest BCUT2D eigenvalue weighted by atomic mass is 9.85. The molecule has 1 aromatic carbocycles. The summed E-state index contributed by atoms with van der Waals surface area (Å²) in [5.41, 5.74) is 0.454. The van der Waals surface area contributed by atoms with Gasteiger partial charge in [0, 0.05) is 13.1 Å². The van der Waals surface area contributed by atoms with Crippen LogP contribution in [0.5, 0.6) is 0 Å². The molecule has 0 bridgehead atoms. The van der Waals surface area contributed by atoms with Crippen LogP contribution in [0.4, 0.5) is 4.79 Å². The summed E-state index contributed by atoms with van der Waals surface area (Å²) in [7, 11) is 0. The van der Waals surface area contributed by atoms with Crippen molar-refractivity contribution in [2.75, 3.05) is 13.1 Å². The Hall–Kier alpha value is -4.22. The number of amides is 5. The molecular formula is C35H55N5O7. The molecule has 2 rings (SSSR count). The molecule has 1 aliphatic rings. The summed E-state index contributed by atoms with van der Waals surface area (Å²) in [6.45, 7) is 20.4. The maximum atomic E-state index is 13.7. The third-order valence-corrected chi connectivity index (χ3v) is 7.02. The molecule has 47 heavy (non-hydrogen) atoms. The van der Waals surface area contributed by atoms with Crippen LogP contribution in [0.25, 0.3) is 0 Å². The lowest BCUT2D eigenvalue weighted by Gasteiger charge is -2.36. The van der Waals surface area contributed by atoms with Gasteiger partial charge in [0.25, 0.3) is 5.91 Å². The van der Waals surface area contributed by atoms with Gasteiger partial charge in [-0.15, -0.1) is 6.58 Å². The molecule has 1 aromatic rings. The molecule has 2 unspecified atom stereocenters. The van der Waals surface area contributed by atoms with Crippen LogP contribution in [0.3, 0.4) is 0 Å². The first-order valence-corrected chi connectivity index (χ1v) is 16.2. The average molecular weight is 658 g/mol. The van der Waals surface area contributed by atoms with Gasteiger partial charge in [0.15, 0.2) is 0 Å². The highest BCUT2D eigenvalue weighted by Crippen LogP contribution is 2.26. The van der Waals surface area contributed by atoms with Crippen LogP contribution in [-0.4, -0.2) is 77.2 Å². The Labute approximate surface area is 279 Å². The van der Waals surface area contributed by atoms with Crippen molar-refractivity contribution in [3.8, 4) is 0 Å². The second-order valence-corrected chi connectivity index (χ2v) is 13.7. The van der Waals surface area contributed by atoms with Crippen molar-refractivity contribution in [2.24, 2.45) is 5.41 Å². The van der Waals surface area contributed by atoms with Crippen LogP contribution in [-0.2, 0) is 35.3 Å². The topological polar surface area (TPSA) is 163 Å². The largest absolute Gasteiger partial charge is 0.444 e. The number of ether oxygens (including phenoxy) is 1. The summed E-state index contributed by atoms with van der Waals surface area (Å²) >= 11 is 0. The van der Waals surface area contributed by atoms with Gasteiger partial charge in [0.1, 0.15) is 23.7 Å². The molecule has 3 atom stereocenters. The van der Waals surface area contributed by atoms with E-state index in [4.69, 9.17) is 4.74 Å². The number of ketones is 1. The summed E-state index contributed by atoms with van der Waals surface area (Å²) in [5.74, 6) is -3.52. The lowest BCUT2D eigenvalue weighted by molar-refractivity contribution is -0.144. The molecule has 4 N–H and O–H groups in total. The van der Waals surface area contributed by atoms with Crippen LogP contribution in [0, 0.1) is 12.3 Å². The monoisotopic (exact) mass is 657 g/mol. The van der Waals surface area contributed by atoms with Gasteiger partial charge in [-0.3, -0.25) is 24.0 Å². The Morgan fingerprint density at radius 1 is 1.00 bits per heavy atom. The quantitative estimate of drug-likeness (QED) is 0.197. The SMILES string of the molecule is C=CCC(NC(=O)C1CCCN1C(=O)[C@@H](NC(=O)OC(C)(C)C)C(C)(C)C)C(=O)C(=O)NCC(=O)NCc1ccccc1C.CCC. The third kappa shape index (κ3) is 14.0. The van der Waals surface area contributed by atoms with E-state index in [1.165, 1.54) is 17.4 Å². The predicted molar refractivity (Wildman–Crippen MR) is 181 cm³/mol. The number of alkyl carbamates (subject to hydrolysis) is 1. The zero-order chi connectivity index (χ0) is 35.9. The van der Waals surface area contributed by atoms with Gasteiger partial charge in [0.05, 0.1) is 6.54 Å². The van der Waals surface area contributed by atoms with Crippen LogP contribution < -0.4 is 21.3 Å². The van der Waals surface area contributed by atoms with Gasteiger partial charge in [0.2, 0.25) is 23.5 Å². The first-order chi connectivity index (χ1) is 21.9. The molecule has 0 aromatic heterocycles. The Kier molecular flexibility index (Phi) is 16.3. The van der Waals surface area contributed by atoms with E-state index in [-0.39, 0.29) is 19.5 Å². The second kappa shape index (κ2) is 18.8. The molecule has 1 heterocycles. The van der Waals surface area contributed by atoms with E-state index in [0.717, 1.165) is 11.1 Å². The highest BCUT2D eigenvalue weighted by Gasteiger charge is 2.43. The van der Waals surface area contributed by atoms with E-state index in [0.29, 0.717) is 12.8 Å². The van der Waals surface area contributed by atoms with Crippen molar-refractivity contribution >= 4 is 35.5 Å². The Balaban J connectivity index is 0.00000354. The molecule has 1 fully saturated rings. The molecule has 1 saturated heterocycles. The molecular weight excluding hydrogens is 602 g/mol. The first-order valence-electron chi connectivity index (χ1n) is 16.2. The highest BCUT2D eigenvalue weighted by atomic mass is 16.6. The first kappa shape index (κ1) is 40.8. The number of nitrogens with zero attached hydrogens (tertiary/aromatic N) is 1. The van der Waals surface area contributed by atoms with Crippen molar-refractivity contribution in [3.63, 3.8) is 0 Å². The van der Waals surface area contributed by atoms with Crippen LogP contribution >= 0.6 is 0 Å². The number of carbonyl (C=O) groups excluding carboxylic acids is 6. The normalized spacial score (nSPS) is 15.6. The van der Waals surface area contributed by atoms with Gasteiger partial charge in [-0.05, 0) is 63.5 Å². The van der Waals surface area contributed by atoms with E-state index in [2.05, 4.69) is 41.7 Å². The molecule has 262 valence electrons. The van der Waals surface area contributed by atoms with Gasteiger partial charge in [-0.2, -0.15) is 0 Å². The molecule has 0 aliphatic carbocycles. The predicted octanol–water partition coefficient (Wildman–Crippen LogP) is 3.70. The van der Waals surface area contributed by atoms with Gasteiger partial charge in [-0.1, -0.05) is 71.4 Å². The van der Waals surface area contributed by atoms with Crippen molar-refractivity contribution in [3.05, 3.63) is 48.0 Å². The van der Waals surface area contributed by atoms with Crippen molar-refractivity contribution in [1.29, 1.82) is 0 Å². The van der Waals surface area contributed by atoms with Crippen molar-refractivity contribution < 1.29 is 33.5 Å². The summed E-state index contributed by atoms with van der Waals surface area (Å²) in [6.07, 6.45) is 2.72. The van der Waals surface area contributed by atoms with E-state index >= 15 is 0 Å². The number of hydrogen-bond donors (Lipinski definition) is 4. The summed E-state index contributed by atoms with van der Waals surface area (Å²) in [6, 6.07) is 4.39. The highest BCUT2D eigenvalue weighted by molar-refractivity contribution is 6.38. The Bertz CT molecular complexity index is 1270. The van der Waals surface area contributed by atoms with E-state index in [9.17, 15) is 28.8 Å². The zero-order valence-corrected chi connectivity index (χ0v) is 29.6. The van der Waals surface area contributed by atoms with E-state index in [1.807, 2.05) is 31.2 Å². The maximum Gasteiger partial charge on any atom is 0.408 e. The number of aryl methyl sites for hydroxylation is 1. The number of rotatable bonds is 12. The van der Waals surface area contributed by atoms with Crippen molar-refractivity contribution in [2.45, 2.75) is 118 Å². The summed E-state index contributed by atoms with van der Waals surface area (Å²) in [4.78, 5) is 78.8. The van der Waals surface area contributed by atoms with Crippen LogP contribution in [0.2, 0.25) is 0 Å². The molecule has 5 amide bonds. The Morgan fingerprint density at radius 2 is 1.62 bits per heavy atom. The minimum atomic E-state index is -1.24. The molecule has 0 saturated carbocycles. The number of carbonyl (C=O) groups is 6. The summed E-state index contributed by atoms with van der Waals surface area (Å²) < 4.78 is 5.34. The lowest BCUT2D eigenvalue weighted by Crippen LogP contribution is -2.59. The molecule has 0 radical (unpaired) electrons. The number of hydrogen-bond acceptors (Lipinski definition) is 7. The summed E-state index contributed by atoms with van der Waals surface area (Å²) in [5, 5.41) is 10.2. The van der Waals surface area contributed by atoms with Gasteiger partial charge in [-0.25, -0.2) is 4.79 Å². The molecule has 0 spiro atoms.